The monoisotopic (exact) mass is 473 g/mol. The van der Waals surface area contributed by atoms with Gasteiger partial charge >= 0.3 is 183 Å². The molecule has 1 amide bonds. The number of fused-ring (bicyclic) bond motifs is 5. The summed E-state index contributed by atoms with van der Waals surface area (Å²) in [5, 5.41) is 3.20. The maximum absolute atomic E-state index is 13.8. The van der Waals surface area contributed by atoms with E-state index < -0.39 is 13.8 Å². The molecule has 4 aliphatic rings. The van der Waals surface area contributed by atoms with Crippen LogP contribution in [0, 0.1) is 35.0 Å². The topological polar surface area (TPSA) is 63.2 Å². The minimum absolute atomic E-state index is 0.0662. The van der Waals surface area contributed by atoms with Gasteiger partial charge < -0.3 is 0 Å². The normalized spacial score (nSPS) is 38.9. The van der Waals surface area contributed by atoms with Crippen molar-refractivity contribution in [3.05, 3.63) is 40.5 Å². The van der Waals surface area contributed by atoms with Crippen LogP contribution in [0.15, 0.2) is 40.5 Å². The first-order valence-corrected chi connectivity index (χ1v) is 13.8. The second-order valence-corrected chi connectivity index (χ2v) is 13.2. The van der Waals surface area contributed by atoms with E-state index in [9.17, 15) is 13.4 Å². The predicted molar refractivity (Wildman–Crippen MR) is 116 cm³/mol. The van der Waals surface area contributed by atoms with Crippen molar-refractivity contribution in [2.45, 2.75) is 58.8 Å². The molecule has 7 atom stereocenters. The van der Waals surface area contributed by atoms with E-state index in [1.54, 1.807) is 6.92 Å². The summed E-state index contributed by atoms with van der Waals surface area (Å²) in [6.07, 6.45) is 6.60. The second kappa shape index (κ2) is 7.53. The van der Waals surface area contributed by atoms with Crippen molar-refractivity contribution in [1.29, 1.82) is 0 Å². The van der Waals surface area contributed by atoms with E-state index in [1.807, 2.05) is 30.3 Å². The van der Waals surface area contributed by atoms with Gasteiger partial charge in [-0.25, -0.2) is 0 Å². The number of benzene rings is 1. The number of carbonyl (C=O) groups excluding carboxylic acids is 2. The number of amides is 1. The van der Waals surface area contributed by atoms with E-state index >= 15 is 0 Å². The summed E-state index contributed by atoms with van der Waals surface area (Å²) < 4.78 is 15.7. The zero-order chi connectivity index (χ0) is 21.0. The molecule has 1 aliphatic heterocycles. The van der Waals surface area contributed by atoms with Crippen LogP contribution >= 0.6 is 0 Å². The van der Waals surface area contributed by atoms with Crippen LogP contribution in [0.2, 0.25) is 0 Å². The number of nitrogens with one attached hydrogen (secondary N) is 1. The van der Waals surface area contributed by atoms with Gasteiger partial charge in [0.25, 0.3) is 0 Å². The number of piperidine rings is 1. The number of allylic oxidation sites excluding steroid dienone is 2. The van der Waals surface area contributed by atoms with E-state index in [4.69, 9.17) is 0 Å². The Morgan fingerprint density at radius 3 is 2.53 bits per heavy atom. The fraction of sp³-hybridized carbons (Fsp3) is 0.600. The standard InChI is InChI=1S/C25H31NO3Se/c1-15(27)17-8-9-19-18(17)10-11-21-20(19)14-22(30(29)16-6-4-3-5-7-16)24-25(21,2)13-12-23(28)26-24/h3-7,17-21H,8-14H2,1-2H3,(H,26,28)/t17-,18?,19?,20?,21?,25?,30?/m1/s1. The number of rotatable bonds is 3. The first-order chi connectivity index (χ1) is 14.4. The third kappa shape index (κ3) is 3.08. The van der Waals surface area contributed by atoms with Crippen molar-refractivity contribution in [3.8, 4) is 0 Å². The first kappa shape index (κ1) is 20.3. The van der Waals surface area contributed by atoms with Gasteiger partial charge in [-0.05, 0) is 0 Å². The second-order valence-electron chi connectivity index (χ2n) is 10.0. The number of Topliss-reactive ketones (excluding diaryl/α,β-unsaturated/α-hetero) is 1. The van der Waals surface area contributed by atoms with Gasteiger partial charge in [0.2, 0.25) is 0 Å². The molecule has 0 bridgehead atoms. The molecule has 30 heavy (non-hydrogen) atoms. The molecule has 4 nitrogen and oxygen atoms in total. The number of ketones is 1. The van der Waals surface area contributed by atoms with E-state index in [-0.39, 0.29) is 17.2 Å². The number of hydrogen-bond acceptors (Lipinski definition) is 3. The molecule has 0 radical (unpaired) electrons. The fourth-order valence-electron chi connectivity index (χ4n) is 7.29. The van der Waals surface area contributed by atoms with Crippen LogP contribution < -0.4 is 9.78 Å². The first-order valence-electron chi connectivity index (χ1n) is 11.4. The van der Waals surface area contributed by atoms with Crippen LogP contribution in [0.25, 0.3) is 0 Å². The molecular weight excluding hydrogens is 441 g/mol. The summed E-state index contributed by atoms with van der Waals surface area (Å²) in [7, 11) is 0. The number of hydrogen-bond donors (Lipinski definition) is 1. The summed E-state index contributed by atoms with van der Waals surface area (Å²) in [5.74, 6) is 2.68. The van der Waals surface area contributed by atoms with Crippen molar-refractivity contribution in [3.63, 3.8) is 0 Å². The Hall–Kier alpha value is -1.58. The van der Waals surface area contributed by atoms with Crippen molar-refractivity contribution >= 4 is 30.0 Å². The Bertz CT molecular complexity index is 939. The molecule has 0 spiro atoms. The quantitative estimate of drug-likeness (QED) is 0.683. The summed E-state index contributed by atoms with van der Waals surface area (Å²) in [6.45, 7) is 4.07. The minimum atomic E-state index is -2.43. The van der Waals surface area contributed by atoms with E-state index in [0.29, 0.717) is 35.9 Å². The van der Waals surface area contributed by atoms with Crippen LogP contribution in [-0.4, -0.2) is 25.5 Å². The average Bonchev–Trinajstić information content (AvgIpc) is 3.19. The molecule has 6 unspecified atom stereocenters. The number of carbonyl (C=O) groups is 2. The molecule has 1 aromatic carbocycles. The van der Waals surface area contributed by atoms with Gasteiger partial charge in [-0.1, -0.05) is 0 Å². The molecule has 1 aromatic rings. The van der Waals surface area contributed by atoms with Gasteiger partial charge in [-0.2, -0.15) is 0 Å². The van der Waals surface area contributed by atoms with Crippen molar-refractivity contribution in [2.75, 3.05) is 0 Å². The molecule has 1 heterocycles. The van der Waals surface area contributed by atoms with Gasteiger partial charge in [0, 0.05) is 0 Å². The molecule has 2 saturated carbocycles. The van der Waals surface area contributed by atoms with Crippen LogP contribution in [0.3, 0.4) is 0 Å². The Kier molecular flexibility index (Phi) is 5.10. The molecule has 1 saturated heterocycles. The van der Waals surface area contributed by atoms with Crippen LogP contribution in [0.1, 0.15) is 58.8 Å². The SMILES string of the molecule is CC(=O)[C@H]1CCC2C3CC([Se](=O)c4ccccc4)=C4NC(=O)CCC4(C)C3CCC21. The molecule has 5 heteroatoms. The Labute approximate surface area is 183 Å². The average molecular weight is 472 g/mol. The third-order valence-corrected chi connectivity index (χ3v) is 11.9. The molecule has 0 aromatic heterocycles. The molecule has 5 rings (SSSR count). The van der Waals surface area contributed by atoms with Crippen LogP contribution in [0.5, 0.6) is 0 Å². The van der Waals surface area contributed by atoms with E-state index in [1.165, 1.54) is 0 Å². The summed E-state index contributed by atoms with van der Waals surface area (Å²) in [6, 6.07) is 9.78. The van der Waals surface area contributed by atoms with Gasteiger partial charge in [0.15, 0.2) is 0 Å². The summed E-state index contributed by atoms with van der Waals surface area (Å²) in [5.41, 5.74) is 0.884. The Morgan fingerprint density at radius 2 is 1.80 bits per heavy atom. The fourth-order valence-corrected chi connectivity index (χ4v) is 10.4. The summed E-state index contributed by atoms with van der Waals surface area (Å²) >= 11 is -2.43. The van der Waals surface area contributed by atoms with Crippen molar-refractivity contribution in [1.82, 2.24) is 5.32 Å². The van der Waals surface area contributed by atoms with Gasteiger partial charge in [0.1, 0.15) is 0 Å². The van der Waals surface area contributed by atoms with Gasteiger partial charge in [-0.15, -0.1) is 0 Å². The Balaban J connectivity index is 1.57. The molecular formula is C25H31NO3Se. The van der Waals surface area contributed by atoms with Crippen LogP contribution in [0.4, 0.5) is 0 Å². The zero-order valence-corrected chi connectivity index (χ0v) is 19.6. The predicted octanol–water partition coefficient (Wildman–Crippen LogP) is 3.69. The molecule has 3 fully saturated rings. The molecule has 3 aliphatic carbocycles. The summed E-state index contributed by atoms with van der Waals surface area (Å²) in [4.78, 5) is 24.6. The van der Waals surface area contributed by atoms with Gasteiger partial charge in [-0.3, -0.25) is 0 Å². The molecule has 1 N–H and O–H groups in total. The van der Waals surface area contributed by atoms with E-state index in [2.05, 4.69) is 12.2 Å². The Morgan fingerprint density at radius 1 is 1.07 bits per heavy atom. The van der Waals surface area contributed by atoms with Gasteiger partial charge in [0.05, 0.1) is 0 Å². The van der Waals surface area contributed by atoms with Crippen molar-refractivity contribution in [2.24, 2.45) is 35.0 Å². The zero-order valence-electron chi connectivity index (χ0n) is 17.9. The van der Waals surface area contributed by atoms with E-state index in [0.717, 1.165) is 53.2 Å². The third-order valence-electron chi connectivity index (χ3n) is 8.68. The van der Waals surface area contributed by atoms with Crippen molar-refractivity contribution < 1.29 is 13.4 Å². The maximum atomic E-state index is 13.8. The molecule has 160 valence electrons. The van der Waals surface area contributed by atoms with Crippen LogP contribution in [-0.2, 0) is 13.4 Å².